The van der Waals surface area contributed by atoms with E-state index in [1.54, 1.807) is 48.5 Å². The van der Waals surface area contributed by atoms with Crippen molar-refractivity contribution in [3.8, 4) is 0 Å². The maximum absolute atomic E-state index is 13.9. The van der Waals surface area contributed by atoms with E-state index in [0.29, 0.717) is 51.9 Å². The monoisotopic (exact) mass is 770 g/mol. The van der Waals surface area contributed by atoms with Crippen LogP contribution in [0, 0.1) is 13.8 Å². The number of sulfonamides is 2. The number of benzene rings is 4. The molecule has 6 rings (SSSR count). The van der Waals surface area contributed by atoms with E-state index in [9.17, 15) is 26.4 Å². The predicted molar refractivity (Wildman–Crippen MR) is 209 cm³/mol. The summed E-state index contributed by atoms with van der Waals surface area (Å²) >= 11 is 0. The molecule has 2 heterocycles. The van der Waals surface area contributed by atoms with Gasteiger partial charge in [-0.25, -0.2) is 16.8 Å². The first-order chi connectivity index (χ1) is 25.9. The highest BCUT2D eigenvalue weighted by atomic mass is 32.2. The van der Waals surface area contributed by atoms with Crippen LogP contribution in [-0.4, -0.2) is 86.3 Å². The van der Waals surface area contributed by atoms with Crippen molar-refractivity contribution in [2.24, 2.45) is 0 Å². The van der Waals surface area contributed by atoms with Crippen LogP contribution in [0.3, 0.4) is 0 Å². The lowest BCUT2D eigenvalue weighted by Crippen LogP contribution is -2.45. The third-order valence-corrected chi connectivity index (χ3v) is 14.3. The zero-order valence-electron chi connectivity index (χ0n) is 31.1. The molecule has 0 spiro atoms. The molecule has 0 bridgehead atoms. The van der Waals surface area contributed by atoms with E-state index in [1.807, 2.05) is 84.3 Å². The topological polar surface area (TPSA) is 115 Å². The average Bonchev–Trinajstić information content (AvgIpc) is 3.16. The second kappa shape index (κ2) is 17.4. The van der Waals surface area contributed by atoms with Crippen molar-refractivity contribution < 1.29 is 26.4 Å². The van der Waals surface area contributed by atoms with Gasteiger partial charge >= 0.3 is 0 Å². The number of nitrogens with zero attached hydrogens (tertiary/aromatic N) is 4. The quantitative estimate of drug-likeness (QED) is 0.161. The molecule has 0 aromatic heterocycles. The lowest BCUT2D eigenvalue weighted by molar-refractivity contribution is -0.134. The summed E-state index contributed by atoms with van der Waals surface area (Å²) in [6.45, 7) is 6.26. The van der Waals surface area contributed by atoms with Gasteiger partial charge in [-0.3, -0.25) is 9.59 Å². The molecule has 286 valence electrons. The van der Waals surface area contributed by atoms with Crippen molar-refractivity contribution in [1.29, 1.82) is 0 Å². The molecule has 2 amide bonds. The second-order valence-corrected chi connectivity index (χ2v) is 18.1. The van der Waals surface area contributed by atoms with Gasteiger partial charge in [-0.15, -0.1) is 0 Å². The zero-order valence-corrected chi connectivity index (χ0v) is 32.7. The van der Waals surface area contributed by atoms with E-state index < -0.39 is 32.1 Å². The molecule has 4 aromatic rings. The number of unbranched alkanes of at least 4 members (excludes halogenated alkanes) is 1. The van der Waals surface area contributed by atoms with Crippen molar-refractivity contribution in [1.82, 2.24) is 18.4 Å². The van der Waals surface area contributed by atoms with Crippen LogP contribution in [0.1, 0.15) is 72.9 Å². The van der Waals surface area contributed by atoms with Crippen molar-refractivity contribution >= 4 is 31.9 Å². The van der Waals surface area contributed by atoms with Gasteiger partial charge in [0.2, 0.25) is 31.9 Å². The lowest BCUT2D eigenvalue weighted by atomic mass is 10.0. The molecular weight excluding hydrogens is 721 g/mol. The Morgan fingerprint density at radius 1 is 0.500 bits per heavy atom. The van der Waals surface area contributed by atoms with Crippen LogP contribution in [0.15, 0.2) is 119 Å². The summed E-state index contributed by atoms with van der Waals surface area (Å²) in [4.78, 5) is 31.7. The maximum atomic E-state index is 13.9. The SMILES string of the molecule is Cc1ccc(S(=O)(=O)N2CCCN(CCCCN3CCCN(S(=O)(=O)c4ccc(C)cc4)C(c4ccccc4)CC3=O)C(=O)CC2c2ccccc2)cc1. The van der Waals surface area contributed by atoms with Crippen LogP contribution < -0.4 is 0 Å². The molecule has 4 aromatic carbocycles. The highest BCUT2D eigenvalue weighted by molar-refractivity contribution is 7.89. The molecule has 10 nitrogen and oxygen atoms in total. The standard InChI is InChI=1S/C42H50N4O6S2/c1-33-17-21-37(22-18-33)53(49,50)45-29-11-27-43(41(47)31-39(45)35-13-5-3-6-14-35)25-9-10-26-44-28-12-30-46(54(51,52)38-23-19-34(2)20-24-38)40(32-42(44)48)36-15-7-4-8-16-36/h3-8,13-24,39-40H,9-12,25-32H2,1-2H3. The number of carbonyl (C=O) groups excluding carboxylic acids is 2. The van der Waals surface area contributed by atoms with E-state index >= 15 is 0 Å². The molecule has 2 atom stereocenters. The van der Waals surface area contributed by atoms with Crippen LogP contribution in [-0.2, 0) is 29.6 Å². The molecule has 0 N–H and O–H groups in total. The number of hydrogen-bond acceptors (Lipinski definition) is 6. The predicted octanol–water partition coefficient (Wildman–Crippen LogP) is 6.49. The molecule has 2 saturated heterocycles. The van der Waals surface area contributed by atoms with Gasteiger partial charge in [-0.1, -0.05) is 96.1 Å². The molecule has 0 saturated carbocycles. The fourth-order valence-electron chi connectivity index (χ4n) is 7.45. The molecule has 0 radical (unpaired) electrons. The number of rotatable bonds is 11. The van der Waals surface area contributed by atoms with Crippen molar-refractivity contribution in [2.45, 2.75) is 74.2 Å². The first-order valence-corrected chi connectivity index (χ1v) is 21.7. The summed E-state index contributed by atoms with van der Waals surface area (Å²) in [5.41, 5.74) is 3.49. The van der Waals surface area contributed by atoms with Gasteiger partial charge in [0, 0.05) is 52.1 Å². The van der Waals surface area contributed by atoms with E-state index in [0.717, 1.165) is 22.3 Å². The fourth-order valence-corrected chi connectivity index (χ4v) is 10.8. The van der Waals surface area contributed by atoms with E-state index in [2.05, 4.69) is 0 Å². The van der Waals surface area contributed by atoms with Gasteiger partial charge in [0.1, 0.15) is 0 Å². The molecular formula is C42H50N4O6S2. The van der Waals surface area contributed by atoms with E-state index in [1.165, 1.54) is 8.61 Å². The molecule has 0 aliphatic carbocycles. The van der Waals surface area contributed by atoms with Crippen molar-refractivity contribution in [3.05, 3.63) is 131 Å². The smallest absolute Gasteiger partial charge is 0.243 e. The normalized spacial score (nSPS) is 19.9. The summed E-state index contributed by atoms with van der Waals surface area (Å²) in [5, 5.41) is 0. The van der Waals surface area contributed by atoms with Crippen LogP contribution in [0.25, 0.3) is 0 Å². The lowest BCUT2D eigenvalue weighted by Gasteiger charge is -2.36. The molecule has 2 fully saturated rings. The Balaban J connectivity index is 1.10. The summed E-state index contributed by atoms with van der Waals surface area (Å²) in [5.74, 6) is -0.203. The highest BCUT2D eigenvalue weighted by Crippen LogP contribution is 2.34. The van der Waals surface area contributed by atoms with Gasteiger partial charge in [-0.2, -0.15) is 8.61 Å². The van der Waals surface area contributed by atoms with Crippen LogP contribution in [0.4, 0.5) is 0 Å². The summed E-state index contributed by atoms with van der Waals surface area (Å²) in [6, 6.07) is 31.1. The fraction of sp³-hybridized carbons (Fsp3) is 0.381. The number of aryl methyl sites for hydroxylation is 2. The van der Waals surface area contributed by atoms with Gasteiger partial charge in [0.25, 0.3) is 0 Å². The Morgan fingerprint density at radius 3 is 1.20 bits per heavy atom. The highest BCUT2D eigenvalue weighted by Gasteiger charge is 2.38. The van der Waals surface area contributed by atoms with Crippen molar-refractivity contribution in [3.63, 3.8) is 0 Å². The Bertz CT molecular complexity index is 1940. The Morgan fingerprint density at radius 2 is 0.852 bits per heavy atom. The van der Waals surface area contributed by atoms with Crippen molar-refractivity contribution in [2.75, 3.05) is 39.3 Å². The van der Waals surface area contributed by atoms with Crippen LogP contribution in [0.2, 0.25) is 0 Å². The minimum absolute atomic E-state index is 0.0303. The van der Waals surface area contributed by atoms with Crippen LogP contribution in [0.5, 0.6) is 0 Å². The first kappa shape index (κ1) is 39.3. The third kappa shape index (κ3) is 9.11. The summed E-state index contributed by atoms with van der Waals surface area (Å²) in [7, 11) is -7.72. The van der Waals surface area contributed by atoms with Gasteiger partial charge in [0.15, 0.2) is 0 Å². The molecule has 2 unspecified atom stereocenters. The molecule has 2 aliphatic rings. The number of hydrogen-bond donors (Lipinski definition) is 0. The second-order valence-electron chi connectivity index (χ2n) is 14.3. The van der Waals surface area contributed by atoms with E-state index in [4.69, 9.17) is 0 Å². The minimum atomic E-state index is -3.86. The third-order valence-electron chi connectivity index (χ3n) is 10.5. The maximum Gasteiger partial charge on any atom is 0.243 e. The van der Waals surface area contributed by atoms with Gasteiger partial charge in [-0.05, 0) is 74.9 Å². The number of carbonyl (C=O) groups is 2. The zero-order chi connectivity index (χ0) is 38.3. The molecule has 54 heavy (non-hydrogen) atoms. The van der Waals surface area contributed by atoms with Gasteiger partial charge in [0.05, 0.1) is 21.9 Å². The van der Waals surface area contributed by atoms with Gasteiger partial charge < -0.3 is 9.80 Å². The first-order valence-electron chi connectivity index (χ1n) is 18.8. The number of amides is 2. The summed E-state index contributed by atoms with van der Waals surface area (Å²) < 4.78 is 58.8. The van der Waals surface area contributed by atoms with Crippen LogP contribution >= 0.6 is 0 Å². The Hall–Kier alpha value is -4.36. The Labute approximate surface area is 320 Å². The minimum Gasteiger partial charge on any atom is -0.343 e. The average molecular weight is 771 g/mol. The summed E-state index contributed by atoms with van der Waals surface area (Å²) in [6.07, 6.45) is 2.40. The van der Waals surface area contributed by atoms with E-state index in [-0.39, 0.29) is 47.5 Å². The molecule has 2 aliphatic heterocycles. The molecule has 12 heteroatoms. The Kier molecular flexibility index (Phi) is 12.7. The largest absolute Gasteiger partial charge is 0.343 e.